The number of nitrogens with zero attached hydrogens (tertiary/aromatic N) is 1. The number of phenols is 2. The molecule has 0 spiro atoms. The van der Waals surface area contributed by atoms with Crippen LogP contribution in [-0.2, 0) is 25.5 Å². The largest absolute Gasteiger partial charge is 0.504 e. The molecule has 2 saturated carbocycles. The Hall–Kier alpha value is -2.77. The number of fused-ring (bicyclic) bond motifs is 2. The Morgan fingerprint density at radius 3 is 2.46 bits per heavy atom. The molecule has 8 heteroatoms. The average molecular weight is 487 g/mol. The van der Waals surface area contributed by atoms with Crippen molar-refractivity contribution in [1.29, 1.82) is 0 Å². The van der Waals surface area contributed by atoms with Crippen molar-refractivity contribution in [3.8, 4) is 11.5 Å². The lowest BCUT2D eigenvalue weighted by Gasteiger charge is -2.39. The van der Waals surface area contributed by atoms with Crippen molar-refractivity contribution < 1.29 is 29.3 Å². The van der Waals surface area contributed by atoms with Gasteiger partial charge in [0.25, 0.3) is 0 Å². The molecule has 0 aromatic heterocycles. The molecule has 35 heavy (non-hydrogen) atoms. The number of phenolic OH excluding ortho intramolecular Hbond substituents is 2. The zero-order valence-corrected chi connectivity index (χ0v) is 21.4. The van der Waals surface area contributed by atoms with E-state index in [0.29, 0.717) is 30.9 Å². The maximum Gasteiger partial charge on any atom is 0.329 e. The van der Waals surface area contributed by atoms with E-state index in [1.54, 1.807) is 18.7 Å². The zero-order chi connectivity index (χ0) is 25.8. The molecule has 1 aromatic carbocycles. The van der Waals surface area contributed by atoms with E-state index < -0.39 is 17.5 Å². The molecule has 3 aliphatic rings. The molecule has 0 radical (unpaired) electrons. The predicted molar refractivity (Wildman–Crippen MR) is 130 cm³/mol. The summed E-state index contributed by atoms with van der Waals surface area (Å²) < 4.78 is 6.08. The van der Waals surface area contributed by atoms with Crippen molar-refractivity contribution in [1.82, 2.24) is 10.2 Å². The van der Waals surface area contributed by atoms with Gasteiger partial charge in [-0.05, 0) is 75.0 Å². The Kier molecular flexibility index (Phi) is 6.31. The van der Waals surface area contributed by atoms with Crippen LogP contribution in [0.5, 0.6) is 11.5 Å². The highest BCUT2D eigenvalue weighted by Crippen LogP contribution is 2.66. The monoisotopic (exact) mass is 486 g/mol. The lowest BCUT2D eigenvalue weighted by atomic mass is 9.70. The molecule has 4 unspecified atom stereocenters. The van der Waals surface area contributed by atoms with Gasteiger partial charge < -0.3 is 25.2 Å². The van der Waals surface area contributed by atoms with Crippen LogP contribution >= 0.6 is 0 Å². The molecular formula is C27H38N2O6. The molecule has 2 bridgehead atoms. The summed E-state index contributed by atoms with van der Waals surface area (Å²) in [5.74, 6) is -1.08. The van der Waals surface area contributed by atoms with E-state index >= 15 is 0 Å². The Morgan fingerprint density at radius 1 is 1.14 bits per heavy atom. The SMILES string of the molecule is CC(C)(NC(=O)Cc1ccc(O)c(O)c1)C(=O)N1CCCC1C(=O)OC1CC2CCC1(C)C2(C)C. The number of ether oxygens (including phenoxy) is 1. The van der Waals surface area contributed by atoms with Gasteiger partial charge in [-0.25, -0.2) is 4.79 Å². The highest BCUT2D eigenvalue weighted by atomic mass is 16.5. The summed E-state index contributed by atoms with van der Waals surface area (Å²) in [4.78, 5) is 40.9. The lowest BCUT2D eigenvalue weighted by Crippen LogP contribution is -2.58. The van der Waals surface area contributed by atoms with Gasteiger partial charge in [0.15, 0.2) is 11.5 Å². The first kappa shape index (κ1) is 25.3. The standard InChI is InChI=1S/C27H38N2O6/c1-25(2)17-10-11-27(25,5)21(15-17)35-23(33)18-7-6-12-29(18)24(34)26(3,4)28-22(32)14-16-8-9-19(30)20(31)13-16/h8-9,13,17-18,21,30-31H,6-7,10-12,14-15H2,1-5H3,(H,28,32). The third-order valence-electron chi connectivity index (χ3n) is 9.15. The maximum atomic E-state index is 13.4. The second-order valence-corrected chi connectivity index (χ2v) is 11.9. The Bertz CT molecular complexity index is 1030. The first-order valence-corrected chi connectivity index (χ1v) is 12.6. The summed E-state index contributed by atoms with van der Waals surface area (Å²) in [5, 5.41) is 21.9. The molecule has 8 nitrogen and oxygen atoms in total. The van der Waals surface area contributed by atoms with E-state index in [-0.39, 0.29) is 46.7 Å². The number of rotatable bonds is 6. The minimum atomic E-state index is -1.22. The van der Waals surface area contributed by atoms with Gasteiger partial charge in [0.2, 0.25) is 11.8 Å². The van der Waals surface area contributed by atoms with Gasteiger partial charge in [-0.1, -0.05) is 26.8 Å². The van der Waals surface area contributed by atoms with Crippen molar-refractivity contribution in [2.45, 2.75) is 90.8 Å². The first-order valence-electron chi connectivity index (χ1n) is 12.6. The van der Waals surface area contributed by atoms with Crippen molar-refractivity contribution in [2.75, 3.05) is 6.54 Å². The van der Waals surface area contributed by atoms with Gasteiger partial charge in [-0.15, -0.1) is 0 Å². The highest BCUT2D eigenvalue weighted by Gasteiger charge is 2.63. The fourth-order valence-electron chi connectivity index (χ4n) is 6.45. The van der Waals surface area contributed by atoms with Crippen LogP contribution in [0.15, 0.2) is 18.2 Å². The topological polar surface area (TPSA) is 116 Å². The van der Waals surface area contributed by atoms with Crippen LogP contribution in [0, 0.1) is 16.7 Å². The quantitative estimate of drug-likeness (QED) is 0.420. The van der Waals surface area contributed by atoms with Gasteiger partial charge in [0.1, 0.15) is 17.7 Å². The van der Waals surface area contributed by atoms with Crippen LogP contribution in [-0.4, -0.2) is 57.1 Å². The number of hydrogen-bond acceptors (Lipinski definition) is 6. The van der Waals surface area contributed by atoms with Crippen molar-refractivity contribution >= 4 is 17.8 Å². The molecule has 1 aromatic rings. The normalized spacial score (nSPS) is 29.3. The third-order valence-corrected chi connectivity index (χ3v) is 9.15. The molecule has 1 saturated heterocycles. The van der Waals surface area contributed by atoms with Crippen LogP contribution in [0.3, 0.4) is 0 Å². The number of benzene rings is 1. The van der Waals surface area contributed by atoms with E-state index in [1.165, 1.54) is 24.6 Å². The van der Waals surface area contributed by atoms with E-state index in [9.17, 15) is 24.6 Å². The number of carbonyl (C=O) groups is 3. The van der Waals surface area contributed by atoms with Crippen molar-refractivity contribution in [3.05, 3.63) is 23.8 Å². The minimum absolute atomic E-state index is 0.0450. The number of amides is 2. The molecule has 192 valence electrons. The number of hydrogen-bond donors (Lipinski definition) is 3. The molecule has 4 rings (SSSR count). The van der Waals surface area contributed by atoms with Gasteiger partial charge in [-0.2, -0.15) is 0 Å². The number of carbonyl (C=O) groups excluding carboxylic acids is 3. The Labute approximate surface area is 207 Å². The second kappa shape index (κ2) is 8.71. The first-order chi connectivity index (χ1) is 16.3. The summed E-state index contributed by atoms with van der Waals surface area (Å²) in [6.45, 7) is 10.5. The van der Waals surface area contributed by atoms with Crippen LogP contribution in [0.2, 0.25) is 0 Å². The number of likely N-dealkylation sites (tertiary alicyclic amines) is 1. The van der Waals surface area contributed by atoms with Crippen molar-refractivity contribution in [2.24, 2.45) is 16.7 Å². The Morgan fingerprint density at radius 2 is 1.86 bits per heavy atom. The number of aromatic hydroxyl groups is 2. The molecule has 2 amide bonds. The van der Waals surface area contributed by atoms with E-state index in [4.69, 9.17) is 4.74 Å². The van der Waals surface area contributed by atoms with Gasteiger partial charge in [0, 0.05) is 12.0 Å². The highest BCUT2D eigenvalue weighted by molar-refractivity contribution is 5.94. The number of nitrogens with one attached hydrogen (secondary N) is 1. The summed E-state index contributed by atoms with van der Waals surface area (Å²) in [5.41, 5.74) is -0.634. The zero-order valence-electron chi connectivity index (χ0n) is 21.4. The van der Waals surface area contributed by atoms with Gasteiger partial charge in [0.05, 0.1) is 6.42 Å². The summed E-state index contributed by atoms with van der Waals surface area (Å²) in [6.07, 6.45) is 4.17. The van der Waals surface area contributed by atoms with Gasteiger partial charge in [-0.3, -0.25) is 9.59 Å². The molecule has 1 heterocycles. The molecule has 4 atom stereocenters. The summed E-state index contributed by atoms with van der Waals surface area (Å²) in [7, 11) is 0. The second-order valence-electron chi connectivity index (χ2n) is 11.9. The number of esters is 1. The fraction of sp³-hybridized carbons (Fsp3) is 0.667. The summed E-state index contributed by atoms with van der Waals surface area (Å²) in [6, 6.07) is 3.52. The Balaban J connectivity index is 1.39. The fourth-order valence-corrected chi connectivity index (χ4v) is 6.45. The molecular weight excluding hydrogens is 448 g/mol. The predicted octanol–water partition coefficient (Wildman–Crippen LogP) is 3.28. The van der Waals surface area contributed by atoms with Crippen LogP contribution in [0.1, 0.15) is 72.3 Å². The average Bonchev–Trinajstić information content (AvgIpc) is 3.39. The van der Waals surface area contributed by atoms with Crippen LogP contribution < -0.4 is 5.32 Å². The van der Waals surface area contributed by atoms with Crippen LogP contribution in [0.4, 0.5) is 0 Å². The summed E-state index contributed by atoms with van der Waals surface area (Å²) >= 11 is 0. The van der Waals surface area contributed by atoms with Gasteiger partial charge >= 0.3 is 5.97 Å². The van der Waals surface area contributed by atoms with Crippen molar-refractivity contribution in [3.63, 3.8) is 0 Å². The van der Waals surface area contributed by atoms with E-state index in [2.05, 4.69) is 26.1 Å². The smallest absolute Gasteiger partial charge is 0.329 e. The minimum Gasteiger partial charge on any atom is -0.504 e. The lowest BCUT2D eigenvalue weighted by molar-refractivity contribution is -0.165. The molecule has 2 aliphatic carbocycles. The third kappa shape index (κ3) is 4.36. The van der Waals surface area contributed by atoms with E-state index in [1.807, 2.05) is 0 Å². The van der Waals surface area contributed by atoms with E-state index in [0.717, 1.165) is 12.8 Å². The molecule has 3 fully saturated rings. The van der Waals surface area contributed by atoms with Crippen LogP contribution in [0.25, 0.3) is 0 Å². The maximum absolute atomic E-state index is 13.4. The molecule has 3 N–H and O–H groups in total. The molecule has 1 aliphatic heterocycles.